The fourth-order valence-corrected chi connectivity index (χ4v) is 4.83. The molecule has 140 valence electrons. The van der Waals surface area contributed by atoms with Crippen molar-refractivity contribution >= 4 is 11.1 Å². The zero-order chi connectivity index (χ0) is 19.4. The van der Waals surface area contributed by atoms with Crippen LogP contribution in [0.15, 0.2) is 60.7 Å². The van der Waals surface area contributed by atoms with Crippen LogP contribution in [0.5, 0.6) is 0 Å². The minimum atomic E-state index is 0.244. The summed E-state index contributed by atoms with van der Waals surface area (Å²) in [6.45, 7) is 14.1. The van der Waals surface area contributed by atoms with Gasteiger partial charge < -0.3 is 0 Å². The second kappa shape index (κ2) is 6.23. The fourth-order valence-electron chi connectivity index (χ4n) is 4.83. The van der Waals surface area contributed by atoms with Crippen LogP contribution in [0, 0.1) is 10.8 Å². The van der Waals surface area contributed by atoms with Gasteiger partial charge in [0.25, 0.3) is 0 Å². The van der Waals surface area contributed by atoms with Gasteiger partial charge in [0, 0.05) is 11.8 Å². The zero-order valence-electron chi connectivity index (χ0n) is 17.6. The first-order valence-electron chi connectivity index (χ1n) is 10.3. The van der Waals surface area contributed by atoms with Gasteiger partial charge in [0.15, 0.2) is 0 Å². The van der Waals surface area contributed by atoms with Crippen LogP contribution in [0.3, 0.4) is 0 Å². The van der Waals surface area contributed by atoms with Crippen molar-refractivity contribution in [2.24, 2.45) is 10.8 Å². The van der Waals surface area contributed by atoms with E-state index >= 15 is 0 Å². The van der Waals surface area contributed by atoms with Crippen molar-refractivity contribution in [3.8, 4) is 0 Å². The molecule has 0 spiro atoms. The molecule has 0 heterocycles. The Morgan fingerprint density at radius 1 is 0.593 bits per heavy atom. The molecule has 0 N–H and O–H groups in total. The van der Waals surface area contributed by atoms with Gasteiger partial charge in [-0.25, -0.2) is 0 Å². The molecule has 0 saturated carbocycles. The van der Waals surface area contributed by atoms with Crippen molar-refractivity contribution in [1.82, 2.24) is 0 Å². The molecule has 27 heavy (non-hydrogen) atoms. The summed E-state index contributed by atoms with van der Waals surface area (Å²) in [5.41, 5.74) is 9.40. The molecular formula is C27H32. The Bertz CT molecular complexity index is 847. The highest BCUT2D eigenvalue weighted by molar-refractivity contribution is 5.87. The van der Waals surface area contributed by atoms with E-state index in [4.69, 9.17) is 0 Å². The van der Waals surface area contributed by atoms with E-state index in [9.17, 15) is 0 Å². The summed E-state index contributed by atoms with van der Waals surface area (Å²) in [4.78, 5) is 0. The number of hydrogen-bond donors (Lipinski definition) is 0. The van der Waals surface area contributed by atoms with Gasteiger partial charge in [0.05, 0.1) is 0 Å². The third-order valence-electron chi connectivity index (χ3n) is 6.27. The first-order valence-corrected chi connectivity index (χ1v) is 10.3. The largest absolute Gasteiger partial charge is 0.0723 e. The maximum Gasteiger partial charge on any atom is 0.00787 e. The van der Waals surface area contributed by atoms with Crippen LogP contribution in [-0.2, 0) is 0 Å². The van der Waals surface area contributed by atoms with E-state index in [1.807, 2.05) is 0 Å². The second-order valence-electron chi connectivity index (χ2n) is 10.4. The lowest BCUT2D eigenvalue weighted by atomic mass is 9.78. The van der Waals surface area contributed by atoms with Gasteiger partial charge in [-0.2, -0.15) is 0 Å². The Morgan fingerprint density at radius 3 is 1.33 bits per heavy atom. The standard InChI is InChI=1S/C27H32/c1-26(2,3)24-16-18(20-11-7-9-13-22(20)24)15-19-17-25(27(4,5)6)23-14-10-8-12-21(19)23/h7-14,16-17,24-25H,15H2,1-6H3/t24-,25-/m1/s1. The summed E-state index contributed by atoms with van der Waals surface area (Å²) >= 11 is 0. The molecule has 0 radical (unpaired) electrons. The fraction of sp³-hybridized carbons (Fsp3) is 0.407. The van der Waals surface area contributed by atoms with Gasteiger partial charge in [-0.3, -0.25) is 0 Å². The van der Waals surface area contributed by atoms with E-state index in [1.54, 1.807) is 0 Å². The average molecular weight is 357 g/mol. The lowest BCUT2D eigenvalue weighted by molar-refractivity contribution is 0.369. The van der Waals surface area contributed by atoms with E-state index in [1.165, 1.54) is 33.4 Å². The molecule has 0 bridgehead atoms. The van der Waals surface area contributed by atoms with Crippen molar-refractivity contribution in [3.63, 3.8) is 0 Å². The third kappa shape index (κ3) is 3.20. The average Bonchev–Trinajstić information content (AvgIpc) is 3.15. The zero-order valence-corrected chi connectivity index (χ0v) is 17.6. The van der Waals surface area contributed by atoms with Crippen LogP contribution in [-0.4, -0.2) is 0 Å². The number of benzene rings is 2. The summed E-state index contributed by atoms with van der Waals surface area (Å²) in [5.74, 6) is 0.999. The monoisotopic (exact) mass is 356 g/mol. The Labute approximate surface area is 165 Å². The highest BCUT2D eigenvalue weighted by Crippen LogP contribution is 2.51. The number of allylic oxidation sites excluding steroid dienone is 4. The lowest BCUT2D eigenvalue weighted by Crippen LogP contribution is -2.14. The maximum atomic E-state index is 2.54. The van der Waals surface area contributed by atoms with Gasteiger partial charge >= 0.3 is 0 Å². The predicted molar refractivity (Wildman–Crippen MR) is 118 cm³/mol. The summed E-state index contributed by atoms with van der Waals surface area (Å²) in [6, 6.07) is 18.0. The molecule has 0 nitrogen and oxygen atoms in total. The van der Waals surface area contributed by atoms with Crippen LogP contribution in [0.2, 0.25) is 0 Å². The normalized spacial score (nSPS) is 21.6. The van der Waals surface area contributed by atoms with E-state index in [0.717, 1.165) is 6.42 Å². The Balaban J connectivity index is 1.74. The quantitative estimate of drug-likeness (QED) is 0.514. The van der Waals surface area contributed by atoms with E-state index < -0.39 is 0 Å². The summed E-state index contributed by atoms with van der Waals surface area (Å²) in [7, 11) is 0. The number of fused-ring (bicyclic) bond motifs is 2. The molecule has 2 aliphatic carbocycles. The Hall–Kier alpha value is -2.08. The Morgan fingerprint density at radius 2 is 0.963 bits per heavy atom. The molecule has 0 unspecified atom stereocenters. The van der Waals surface area contributed by atoms with Crippen LogP contribution in [0.4, 0.5) is 0 Å². The maximum absolute atomic E-state index is 2.54. The number of hydrogen-bond acceptors (Lipinski definition) is 0. The molecular weight excluding hydrogens is 324 g/mol. The molecule has 0 aliphatic heterocycles. The smallest absolute Gasteiger partial charge is 0.00787 e. The van der Waals surface area contributed by atoms with Crippen molar-refractivity contribution in [2.75, 3.05) is 0 Å². The molecule has 2 aromatic carbocycles. The summed E-state index contributed by atoms with van der Waals surface area (Å²) in [6.07, 6.45) is 6.12. The van der Waals surface area contributed by atoms with Crippen LogP contribution < -0.4 is 0 Å². The highest BCUT2D eigenvalue weighted by atomic mass is 14.4. The molecule has 2 atom stereocenters. The Kier molecular flexibility index (Phi) is 4.22. The van der Waals surface area contributed by atoms with Crippen molar-refractivity contribution < 1.29 is 0 Å². The molecule has 0 fully saturated rings. The number of rotatable bonds is 2. The molecule has 0 amide bonds. The molecule has 4 rings (SSSR count). The first-order chi connectivity index (χ1) is 12.7. The molecule has 0 aromatic heterocycles. The SMILES string of the molecule is CC(C)(C)[C@@H]1C=C(CC2=C[C@@H](C(C)(C)C)c3ccccc32)c2ccccc21. The summed E-state index contributed by atoms with van der Waals surface area (Å²) in [5, 5.41) is 0. The molecule has 2 aliphatic rings. The minimum Gasteiger partial charge on any atom is -0.0723 e. The predicted octanol–water partition coefficient (Wildman–Crippen LogP) is 7.83. The van der Waals surface area contributed by atoms with Gasteiger partial charge in [0.2, 0.25) is 0 Å². The van der Waals surface area contributed by atoms with Crippen molar-refractivity contribution in [3.05, 3.63) is 82.9 Å². The molecule has 0 heteroatoms. The van der Waals surface area contributed by atoms with Gasteiger partial charge in [-0.15, -0.1) is 0 Å². The van der Waals surface area contributed by atoms with Gasteiger partial charge in [0.1, 0.15) is 0 Å². The topological polar surface area (TPSA) is 0 Å². The van der Waals surface area contributed by atoms with E-state index in [2.05, 4.69) is 102 Å². The second-order valence-corrected chi connectivity index (χ2v) is 10.4. The summed E-state index contributed by atoms with van der Waals surface area (Å²) < 4.78 is 0. The van der Waals surface area contributed by atoms with Crippen LogP contribution in [0.1, 0.15) is 82.1 Å². The van der Waals surface area contributed by atoms with Crippen molar-refractivity contribution in [2.45, 2.75) is 59.8 Å². The van der Waals surface area contributed by atoms with Crippen LogP contribution >= 0.6 is 0 Å². The first kappa shape index (κ1) is 18.3. The molecule has 0 saturated heterocycles. The van der Waals surface area contributed by atoms with Crippen LogP contribution in [0.25, 0.3) is 11.1 Å². The highest BCUT2D eigenvalue weighted by Gasteiger charge is 2.35. The van der Waals surface area contributed by atoms with E-state index in [-0.39, 0.29) is 10.8 Å². The molecule has 2 aromatic rings. The van der Waals surface area contributed by atoms with Gasteiger partial charge in [-0.05, 0) is 50.7 Å². The van der Waals surface area contributed by atoms with Crippen molar-refractivity contribution in [1.29, 1.82) is 0 Å². The van der Waals surface area contributed by atoms with E-state index in [0.29, 0.717) is 11.8 Å². The minimum absolute atomic E-state index is 0.244. The van der Waals surface area contributed by atoms with Gasteiger partial charge in [-0.1, -0.05) is 102 Å². The third-order valence-corrected chi connectivity index (χ3v) is 6.27. The lowest BCUT2D eigenvalue weighted by Gasteiger charge is -2.26.